The summed E-state index contributed by atoms with van der Waals surface area (Å²) in [6, 6.07) is 11.4. The van der Waals surface area contributed by atoms with Gasteiger partial charge >= 0.3 is 0 Å². The van der Waals surface area contributed by atoms with Crippen LogP contribution in [0.3, 0.4) is 0 Å². The normalized spacial score (nSPS) is 17.0. The first-order valence-corrected chi connectivity index (χ1v) is 8.68. The number of benzene rings is 2. The Morgan fingerprint density at radius 3 is 2.68 bits per heavy atom. The highest BCUT2D eigenvalue weighted by molar-refractivity contribution is 6.31. The second kappa shape index (κ2) is 6.89. The van der Waals surface area contributed by atoms with E-state index in [1.165, 1.54) is 0 Å². The summed E-state index contributed by atoms with van der Waals surface area (Å²) in [5.74, 6) is -0.535. The molecule has 0 bridgehead atoms. The first kappa shape index (κ1) is 17.5. The van der Waals surface area contributed by atoms with Gasteiger partial charge in [-0.25, -0.2) is 0 Å². The average Bonchev–Trinajstić information content (AvgIpc) is 2.94. The van der Waals surface area contributed by atoms with E-state index in [4.69, 9.17) is 11.6 Å². The molecule has 1 aliphatic rings. The van der Waals surface area contributed by atoms with Crippen molar-refractivity contribution in [3.63, 3.8) is 0 Å². The van der Waals surface area contributed by atoms with Crippen LogP contribution in [0.4, 0.5) is 11.4 Å². The van der Waals surface area contributed by atoms with Crippen LogP contribution < -0.4 is 10.2 Å². The molecule has 0 saturated carbocycles. The lowest BCUT2D eigenvalue weighted by atomic mass is 10.1. The lowest BCUT2D eigenvalue weighted by Gasteiger charge is -2.19. The van der Waals surface area contributed by atoms with Gasteiger partial charge in [-0.3, -0.25) is 9.59 Å². The molecule has 1 atom stereocenters. The van der Waals surface area contributed by atoms with Crippen molar-refractivity contribution in [1.82, 2.24) is 0 Å². The first-order chi connectivity index (χ1) is 11.9. The molecule has 3 rings (SSSR count). The van der Waals surface area contributed by atoms with E-state index in [0.29, 0.717) is 17.3 Å². The molecule has 0 spiro atoms. The number of halogens is 1. The van der Waals surface area contributed by atoms with Crippen molar-refractivity contribution in [2.24, 2.45) is 5.92 Å². The summed E-state index contributed by atoms with van der Waals surface area (Å²) in [7, 11) is 0. The number of nitrogens with zero attached hydrogens (tertiary/aromatic N) is 1. The molecular formula is C20H21ClN2O2. The van der Waals surface area contributed by atoms with Crippen molar-refractivity contribution >= 4 is 34.8 Å². The maximum Gasteiger partial charge on any atom is 0.229 e. The fourth-order valence-corrected chi connectivity index (χ4v) is 3.38. The van der Waals surface area contributed by atoms with Crippen molar-refractivity contribution in [3.8, 4) is 0 Å². The lowest BCUT2D eigenvalue weighted by Crippen LogP contribution is -2.28. The number of nitrogens with one attached hydrogen (secondary N) is 1. The molecule has 0 aliphatic carbocycles. The number of aryl methyl sites for hydroxylation is 2. The zero-order chi connectivity index (χ0) is 18.1. The highest BCUT2D eigenvalue weighted by Crippen LogP contribution is 2.30. The van der Waals surface area contributed by atoms with Crippen LogP contribution in [0.25, 0.3) is 0 Å². The van der Waals surface area contributed by atoms with Crippen LogP contribution in [0.2, 0.25) is 5.02 Å². The molecule has 25 heavy (non-hydrogen) atoms. The molecule has 5 heteroatoms. The maximum absolute atomic E-state index is 12.6. The van der Waals surface area contributed by atoms with E-state index in [1.807, 2.05) is 45.0 Å². The second-order valence-electron chi connectivity index (χ2n) is 6.60. The van der Waals surface area contributed by atoms with E-state index in [2.05, 4.69) is 5.32 Å². The average molecular weight is 357 g/mol. The SMILES string of the molecule is Cc1ccc(N2CC(C(=O)Nc3cccc(Cl)c3C)CC2=O)c(C)c1. The standard InChI is InChI=1S/C20H21ClN2O2/c1-12-7-8-18(13(2)9-12)23-11-15(10-19(23)24)20(25)22-17-6-4-5-16(21)14(17)3/h4-9,15H,10-11H2,1-3H3,(H,22,25). The van der Waals surface area contributed by atoms with Crippen LogP contribution in [-0.2, 0) is 9.59 Å². The van der Waals surface area contributed by atoms with Gasteiger partial charge in [-0.2, -0.15) is 0 Å². The summed E-state index contributed by atoms with van der Waals surface area (Å²) < 4.78 is 0. The minimum absolute atomic E-state index is 0.0186. The molecule has 1 N–H and O–H groups in total. The van der Waals surface area contributed by atoms with Gasteiger partial charge in [0, 0.05) is 29.4 Å². The molecule has 2 aromatic rings. The number of anilines is 2. The molecule has 1 saturated heterocycles. The molecule has 4 nitrogen and oxygen atoms in total. The van der Waals surface area contributed by atoms with E-state index >= 15 is 0 Å². The molecule has 1 fully saturated rings. The first-order valence-electron chi connectivity index (χ1n) is 8.30. The van der Waals surface area contributed by atoms with Gasteiger partial charge in [0.05, 0.1) is 5.92 Å². The Hall–Kier alpha value is -2.33. The van der Waals surface area contributed by atoms with Gasteiger partial charge in [0.1, 0.15) is 0 Å². The summed E-state index contributed by atoms with van der Waals surface area (Å²) in [4.78, 5) is 26.7. The van der Waals surface area contributed by atoms with Crippen molar-refractivity contribution < 1.29 is 9.59 Å². The third-order valence-corrected chi connectivity index (χ3v) is 5.07. The highest BCUT2D eigenvalue weighted by Gasteiger charge is 2.35. The van der Waals surface area contributed by atoms with E-state index < -0.39 is 0 Å². The Bertz CT molecular complexity index is 848. The Labute approximate surface area is 152 Å². The summed E-state index contributed by atoms with van der Waals surface area (Å²) in [5, 5.41) is 3.52. The van der Waals surface area contributed by atoms with E-state index in [1.54, 1.807) is 17.0 Å². The Morgan fingerprint density at radius 1 is 1.20 bits per heavy atom. The number of carbonyl (C=O) groups excluding carboxylic acids is 2. The highest BCUT2D eigenvalue weighted by atomic mass is 35.5. The fraction of sp³-hybridized carbons (Fsp3) is 0.300. The van der Waals surface area contributed by atoms with Gasteiger partial charge < -0.3 is 10.2 Å². The van der Waals surface area contributed by atoms with Gasteiger partial charge in [0.15, 0.2) is 0 Å². The molecular weight excluding hydrogens is 336 g/mol. The van der Waals surface area contributed by atoms with Crippen LogP contribution >= 0.6 is 11.6 Å². The Kier molecular flexibility index (Phi) is 4.82. The molecule has 0 radical (unpaired) electrons. The van der Waals surface area contributed by atoms with Crippen molar-refractivity contribution in [2.75, 3.05) is 16.8 Å². The van der Waals surface area contributed by atoms with E-state index in [9.17, 15) is 9.59 Å². The third-order valence-electron chi connectivity index (χ3n) is 4.66. The maximum atomic E-state index is 12.6. The third kappa shape index (κ3) is 3.54. The summed E-state index contributed by atoms with van der Waals surface area (Å²) >= 11 is 6.10. The summed E-state index contributed by atoms with van der Waals surface area (Å²) in [5.41, 5.74) is 4.59. The molecule has 2 aromatic carbocycles. The minimum Gasteiger partial charge on any atom is -0.325 e. The molecule has 1 unspecified atom stereocenters. The van der Waals surface area contributed by atoms with Crippen LogP contribution in [0.1, 0.15) is 23.1 Å². The largest absolute Gasteiger partial charge is 0.325 e. The number of hydrogen-bond acceptors (Lipinski definition) is 2. The zero-order valence-electron chi connectivity index (χ0n) is 14.6. The van der Waals surface area contributed by atoms with E-state index in [-0.39, 0.29) is 24.2 Å². The van der Waals surface area contributed by atoms with Crippen LogP contribution in [0.15, 0.2) is 36.4 Å². The Morgan fingerprint density at radius 2 is 1.96 bits per heavy atom. The number of amides is 2. The van der Waals surface area contributed by atoms with Crippen molar-refractivity contribution in [1.29, 1.82) is 0 Å². The zero-order valence-corrected chi connectivity index (χ0v) is 15.4. The topological polar surface area (TPSA) is 49.4 Å². The number of hydrogen-bond donors (Lipinski definition) is 1. The van der Waals surface area contributed by atoms with Crippen molar-refractivity contribution in [2.45, 2.75) is 27.2 Å². The Balaban J connectivity index is 1.75. The number of carbonyl (C=O) groups is 2. The lowest BCUT2D eigenvalue weighted by molar-refractivity contribution is -0.122. The fourth-order valence-electron chi connectivity index (χ4n) is 3.20. The van der Waals surface area contributed by atoms with Gasteiger partial charge in [-0.1, -0.05) is 35.4 Å². The summed E-state index contributed by atoms with van der Waals surface area (Å²) in [6.07, 6.45) is 0.221. The predicted octanol–water partition coefficient (Wildman–Crippen LogP) is 4.26. The number of rotatable bonds is 3. The van der Waals surface area contributed by atoms with Gasteiger partial charge in [0.2, 0.25) is 11.8 Å². The van der Waals surface area contributed by atoms with E-state index in [0.717, 1.165) is 22.4 Å². The summed E-state index contributed by atoms with van der Waals surface area (Å²) in [6.45, 7) is 6.26. The minimum atomic E-state index is -0.369. The van der Waals surface area contributed by atoms with Crippen LogP contribution in [0.5, 0.6) is 0 Å². The molecule has 1 heterocycles. The van der Waals surface area contributed by atoms with Crippen LogP contribution in [-0.4, -0.2) is 18.4 Å². The molecule has 2 amide bonds. The molecule has 130 valence electrons. The monoisotopic (exact) mass is 356 g/mol. The van der Waals surface area contributed by atoms with Crippen molar-refractivity contribution in [3.05, 3.63) is 58.1 Å². The quantitative estimate of drug-likeness (QED) is 0.893. The van der Waals surface area contributed by atoms with Gasteiger partial charge in [-0.05, 0) is 50.1 Å². The predicted molar refractivity (Wildman–Crippen MR) is 101 cm³/mol. The molecule has 0 aromatic heterocycles. The molecule has 1 aliphatic heterocycles. The van der Waals surface area contributed by atoms with Gasteiger partial charge in [0.25, 0.3) is 0 Å². The van der Waals surface area contributed by atoms with Gasteiger partial charge in [-0.15, -0.1) is 0 Å². The second-order valence-corrected chi connectivity index (χ2v) is 7.00. The smallest absolute Gasteiger partial charge is 0.229 e. The van der Waals surface area contributed by atoms with Crippen LogP contribution in [0, 0.1) is 26.7 Å².